The third-order valence-electron chi connectivity index (χ3n) is 4.92. The van der Waals surface area contributed by atoms with Crippen LogP contribution in [0.5, 0.6) is 5.75 Å². The number of methoxy groups -OCH3 is 1. The van der Waals surface area contributed by atoms with Crippen LogP contribution in [0.25, 0.3) is 0 Å². The largest absolute Gasteiger partial charge is 0.497 e. The summed E-state index contributed by atoms with van der Waals surface area (Å²) in [5, 5.41) is 0. The molecule has 2 aromatic rings. The van der Waals surface area contributed by atoms with Gasteiger partial charge in [-0.1, -0.05) is 18.2 Å². The molecule has 2 N–H and O–H groups in total. The molecular weight excluding hydrogens is 342 g/mol. The van der Waals surface area contributed by atoms with Crippen LogP contribution in [0, 0.1) is 0 Å². The Kier molecular flexibility index (Phi) is 5.96. The Bertz CT molecular complexity index is 797. The molecular formula is C21H25N3O3. The maximum absolute atomic E-state index is 12.6. The Labute approximate surface area is 159 Å². The molecule has 1 fully saturated rings. The fourth-order valence-electron chi connectivity index (χ4n) is 3.24. The smallest absolute Gasteiger partial charge is 0.253 e. The lowest BCUT2D eigenvalue weighted by Gasteiger charge is -2.35. The topological polar surface area (TPSA) is 75.9 Å². The molecule has 0 spiro atoms. The van der Waals surface area contributed by atoms with Crippen LogP contribution in [-0.2, 0) is 11.2 Å². The van der Waals surface area contributed by atoms with E-state index in [-0.39, 0.29) is 11.8 Å². The van der Waals surface area contributed by atoms with Gasteiger partial charge in [0.25, 0.3) is 5.91 Å². The predicted octanol–water partition coefficient (Wildman–Crippen LogP) is 2.19. The van der Waals surface area contributed by atoms with E-state index >= 15 is 0 Å². The fraction of sp³-hybridized carbons (Fsp3) is 0.333. The van der Waals surface area contributed by atoms with E-state index in [9.17, 15) is 9.59 Å². The highest BCUT2D eigenvalue weighted by atomic mass is 16.5. The Morgan fingerprint density at radius 1 is 0.963 bits per heavy atom. The molecule has 142 valence electrons. The van der Waals surface area contributed by atoms with Crippen LogP contribution in [-0.4, -0.2) is 54.9 Å². The molecule has 0 saturated carbocycles. The first-order valence-corrected chi connectivity index (χ1v) is 9.13. The second kappa shape index (κ2) is 8.58. The van der Waals surface area contributed by atoms with E-state index in [0.29, 0.717) is 44.6 Å². The maximum Gasteiger partial charge on any atom is 0.253 e. The number of benzene rings is 2. The zero-order valence-corrected chi connectivity index (χ0v) is 15.6. The summed E-state index contributed by atoms with van der Waals surface area (Å²) < 4.78 is 5.12. The Morgan fingerprint density at radius 2 is 1.59 bits per heavy atom. The first-order chi connectivity index (χ1) is 13.1. The highest BCUT2D eigenvalue weighted by Gasteiger charge is 2.24. The van der Waals surface area contributed by atoms with Crippen molar-refractivity contribution in [2.75, 3.05) is 39.0 Å². The number of para-hydroxylation sites is 1. The van der Waals surface area contributed by atoms with Gasteiger partial charge in [-0.25, -0.2) is 0 Å². The third kappa shape index (κ3) is 4.58. The van der Waals surface area contributed by atoms with Gasteiger partial charge in [-0.05, 0) is 42.3 Å². The van der Waals surface area contributed by atoms with E-state index in [2.05, 4.69) is 0 Å². The predicted molar refractivity (Wildman–Crippen MR) is 105 cm³/mol. The summed E-state index contributed by atoms with van der Waals surface area (Å²) in [5.74, 6) is 0.817. The average Bonchev–Trinajstić information content (AvgIpc) is 2.72. The number of ether oxygens (including phenoxy) is 1. The maximum atomic E-state index is 12.6. The fourth-order valence-corrected chi connectivity index (χ4v) is 3.24. The van der Waals surface area contributed by atoms with Crippen molar-refractivity contribution in [2.24, 2.45) is 0 Å². The summed E-state index contributed by atoms with van der Waals surface area (Å²) in [4.78, 5) is 28.7. The lowest BCUT2D eigenvalue weighted by Crippen LogP contribution is -2.50. The zero-order valence-electron chi connectivity index (χ0n) is 15.6. The molecule has 1 aliphatic rings. The number of hydrogen-bond acceptors (Lipinski definition) is 4. The van der Waals surface area contributed by atoms with Gasteiger partial charge in [0.15, 0.2) is 0 Å². The summed E-state index contributed by atoms with van der Waals surface area (Å²) in [6.07, 6.45) is 1.07. The quantitative estimate of drug-likeness (QED) is 0.822. The highest BCUT2D eigenvalue weighted by Crippen LogP contribution is 2.16. The van der Waals surface area contributed by atoms with E-state index in [1.807, 2.05) is 29.2 Å². The first-order valence-electron chi connectivity index (χ1n) is 9.13. The molecule has 2 amide bonds. The van der Waals surface area contributed by atoms with E-state index in [1.54, 1.807) is 36.3 Å². The van der Waals surface area contributed by atoms with Gasteiger partial charge in [-0.3, -0.25) is 9.59 Å². The summed E-state index contributed by atoms with van der Waals surface area (Å²) in [7, 11) is 1.60. The number of carbonyl (C=O) groups is 2. The average molecular weight is 367 g/mol. The molecule has 0 aliphatic carbocycles. The SMILES string of the molecule is COc1ccc(C(=O)N2CCN(C(=O)CCc3ccccc3N)CC2)cc1. The normalized spacial score (nSPS) is 14.1. The number of aryl methyl sites for hydroxylation is 1. The Morgan fingerprint density at radius 3 is 2.22 bits per heavy atom. The van der Waals surface area contributed by atoms with Crippen molar-refractivity contribution in [3.8, 4) is 5.75 Å². The zero-order chi connectivity index (χ0) is 19.2. The van der Waals surface area contributed by atoms with Crippen molar-refractivity contribution >= 4 is 17.5 Å². The minimum absolute atomic E-state index is 0.0122. The number of anilines is 1. The number of piperazine rings is 1. The van der Waals surface area contributed by atoms with Gasteiger partial charge in [0.1, 0.15) is 5.75 Å². The number of nitrogens with zero attached hydrogens (tertiary/aromatic N) is 2. The molecule has 0 bridgehead atoms. The molecule has 2 aromatic carbocycles. The Hall–Kier alpha value is -3.02. The molecule has 6 heteroatoms. The second-order valence-corrected chi connectivity index (χ2v) is 6.60. The molecule has 3 rings (SSSR count). The third-order valence-corrected chi connectivity index (χ3v) is 4.92. The molecule has 6 nitrogen and oxygen atoms in total. The number of hydrogen-bond donors (Lipinski definition) is 1. The summed E-state index contributed by atoms with van der Waals surface area (Å²) in [6, 6.07) is 14.7. The molecule has 1 aliphatic heterocycles. The van der Waals surface area contributed by atoms with E-state index in [0.717, 1.165) is 17.0 Å². The van der Waals surface area contributed by atoms with Gasteiger partial charge in [0.05, 0.1) is 7.11 Å². The summed E-state index contributed by atoms with van der Waals surface area (Å²) in [5.41, 5.74) is 8.29. The number of amides is 2. The van der Waals surface area contributed by atoms with Crippen molar-refractivity contribution in [1.82, 2.24) is 9.80 Å². The molecule has 1 saturated heterocycles. The van der Waals surface area contributed by atoms with Crippen molar-refractivity contribution in [3.63, 3.8) is 0 Å². The van der Waals surface area contributed by atoms with Crippen LogP contribution in [0.1, 0.15) is 22.3 Å². The van der Waals surface area contributed by atoms with Crippen LogP contribution in [0.4, 0.5) is 5.69 Å². The van der Waals surface area contributed by atoms with E-state index < -0.39 is 0 Å². The van der Waals surface area contributed by atoms with Gasteiger partial charge in [0, 0.05) is 43.9 Å². The van der Waals surface area contributed by atoms with Gasteiger partial charge in [0.2, 0.25) is 5.91 Å². The van der Waals surface area contributed by atoms with Crippen LogP contribution in [0.3, 0.4) is 0 Å². The van der Waals surface area contributed by atoms with Gasteiger partial charge >= 0.3 is 0 Å². The molecule has 0 unspecified atom stereocenters. The monoisotopic (exact) mass is 367 g/mol. The van der Waals surface area contributed by atoms with Crippen LogP contribution in [0.15, 0.2) is 48.5 Å². The summed E-state index contributed by atoms with van der Waals surface area (Å²) >= 11 is 0. The van der Waals surface area contributed by atoms with E-state index in [4.69, 9.17) is 10.5 Å². The minimum Gasteiger partial charge on any atom is -0.497 e. The first kappa shape index (κ1) is 18.8. The molecule has 0 atom stereocenters. The van der Waals surface area contributed by atoms with Gasteiger partial charge in [-0.15, -0.1) is 0 Å². The number of nitrogens with two attached hydrogens (primary N) is 1. The van der Waals surface area contributed by atoms with Crippen LogP contribution >= 0.6 is 0 Å². The molecule has 0 radical (unpaired) electrons. The highest BCUT2D eigenvalue weighted by molar-refractivity contribution is 5.94. The molecule has 1 heterocycles. The molecule has 0 aromatic heterocycles. The number of rotatable bonds is 5. The van der Waals surface area contributed by atoms with Crippen molar-refractivity contribution in [3.05, 3.63) is 59.7 Å². The van der Waals surface area contributed by atoms with Crippen molar-refractivity contribution in [2.45, 2.75) is 12.8 Å². The Balaban J connectivity index is 1.49. The van der Waals surface area contributed by atoms with Crippen LogP contribution < -0.4 is 10.5 Å². The molecule has 27 heavy (non-hydrogen) atoms. The van der Waals surface area contributed by atoms with Gasteiger partial charge in [-0.2, -0.15) is 0 Å². The van der Waals surface area contributed by atoms with E-state index in [1.165, 1.54) is 0 Å². The minimum atomic E-state index is -0.0122. The van der Waals surface area contributed by atoms with Gasteiger partial charge < -0.3 is 20.3 Å². The standard InChI is InChI=1S/C21H25N3O3/c1-27-18-9-6-17(7-10-18)21(26)24-14-12-23(13-15-24)20(25)11-8-16-4-2-3-5-19(16)22/h2-7,9-10H,8,11-15,22H2,1H3. The lowest BCUT2D eigenvalue weighted by atomic mass is 10.1. The van der Waals surface area contributed by atoms with Crippen LogP contribution in [0.2, 0.25) is 0 Å². The second-order valence-electron chi connectivity index (χ2n) is 6.60. The number of carbonyl (C=O) groups excluding carboxylic acids is 2. The van der Waals surface area contributed by atoms with Crippen molar-refractivity contribution < 1.29 is 14.3 Å². The number of nitrogen functional groups attached to an aromatic ring is 1. The lowest BCUT2D eigenvalue weighted by molar-refractivity contribution is -0.132. The summed E-state index contributed by atoms with van der Waals surface area (Å²) in [6.45, 7) is 2.21. The van der Waals surface area contributed by atoms with Crippen molar-refractivity contribution in [1.29, 1.82) is 0 Å².